The number of anilines is 2. The van der Waals surface area contributed by atoms with Crippen LogP contribution in [0.4, 0.5) is 11.4 Å². The van der Waals surface area contributed by atoms with Crippen molar-refractivity contribution in [2.24, 2.45) is 5.73 Å². The van der Waals surface area contributed by atoms with Gasteiger partial charge in [0.1, 0.15) is 0 Å². The number of benzene rings is 1. The lowest BCUT2D eigenvalue weighted by atomic mass is 10.2. The first-order chi connectivity index (χ1) is 8.16. The highest BCUT2D eigenvalue weighted by Crippen LogP contribution is 2.23. The Balaban J connectivity index is 0.00000162. The van der Waals surface area contributed by atoms with Crippen LogP contribution in [0.15, 0.2) is 24.3 Å². The van der Waals surface area contributed by atoms with E-state index in [2.05, 4.69) is 16.3 Å². The number of halogens is 2. The van der Waals surface area contributed by atoms with Crippen LogP contribution in [0, 0.1) is 0 Å². The Bertz CT molecular complexity index is 407. The zero-order chi connectivity index (χ0) is 12.3. The summed E-state index contributed by atoms with van der Waals surface area (Å²) in [7, 11) is 0. The molecule has 0 aliphatic carbocycles. The smallest absolute Gasteiger partial charge is 0.240 e. The second-order valence-corrected chi connectivity index (χ2v) is 4.52. The number of carbonyl (C=O) groups excluding carboxylic acids is 1. The second-order valence-electron chi connectivity index (χ2n) is 4.52. The van der Waals surface area contributed by atoms with Crippen molar-refractivity contribution in [3.63, 3.8) is 0 Å². The first kappa shape index (κ1) is 18.0. The predicted molar refractivity (Wildman–Crippen MR) is 84.7 cm³/mol. The molecule has 0 radical (unpaired) electrons. The molecular weight excluding hydrogens is 285 g/mol. The van der Waals surface area contributed by atoms with Crippen molar-refractivity contribution in [2.45, 2.75) is 25.8 Å². The van der Waals surface area contributed by atoms with Crippen molar-refractivity contribution in [3.05, 3.63) is 24.3 Å². The molecule has 1 saturated heterocycles. The van der Waals surface area contributed by atoms with Crippen LogP contribution in [0.1, 0.15) is 19.8 Å². The maximum Gasteiger partial charge on any atom is 0.240 e. The van der Waals surface area contributed by atoms with Gasteiger partial charge in [-0.2, -0.15) is 0 Å². The molecule has 1 atom stereocenters. The lowest BCUT2D eigenvalue weighted by Crippen LogP contribution is -2.32. The molecular formula is C13H21Cl2N3O. The molecule has 1 amide bonds. The van der Waals surface area contributed by atoms with Gasteiger partial charge < -0.3 is 16.0 Å². The van der Waals surface area contributed by atoms with E-state index in [1.807, 2.05) is 18.2 Å². The number of amides is 1. The van der Waals surface area contributed by atoms with E-state index in [1.54, 1.807) is 6.92 Å². The Morgan fingerprint density at radius 3 is 2.53 bits per heavy atom. The molecule has 1 unspecified atom stereocenters. The summed E-state index contributed by atoms with van der Waals surface area (Å²) < 4.78 is 0. The van der Waals surface area contributed by atoms with Crippen molar-refractivity contribution >= 4 is 42.1 Å². The zero-order valence-corrected chi connectivity index (χ0v) is 12.6. The molecule has 0 aromatic heterocycles. The second kappa shape index (κ2) is 8.25. The van der Waals surface area contributed by atoms with Crippen molar-refractivity contribution in [2.75, 3.05) is 23.3 Å². The third-order valence-electron chi connectivity index (χ3n) is 3.00. The van der Waals surface area contributed by atoms with E-state index in [1.165, 1.54) is 18.5 Å². The quantitative estimate of drug-likeness (QED) is 0.901. The van der Waals surface area contributed by atoms with Crippen LogP contribution in [0.3, 0.4) is 0 Å². The SMILES string of the molecule is CC(N)C(=O)Nc1cccc(N2CCCC2)c1.Cl.Cl. The third kappa shape index (κ3) is 4.90. The van der Waals surface area contributed by atoms with Gasteiger partial charge >= 0.3 is 0 Å². The first-order valence-corrected chi connectivity index (χ1v) is 6.08. The van der Waals surface area contributed by atoms with E-state index in [0.29, 0.717) is 0 Å². The summed E-state index contributed by atoms with van der Waals surface area (Å²) in [5.74, 6) is -0.149. The monoisotopic (exact) mass is 305 g/mol. The van der Waals surface area contributed by atoms with Crippen molar-refractivity contribution in [3.8, 4) is 0 Å². The van der Waals surface area contributed by atoms with Crippen LogP contribution in [0.2, 0.25) is 0 Å². The standard InChI is InChI=1S/C13H19N3O.2ClH/c1-10(14)13(17)15-11-5-4-6-12(9-11)16-7-2-3-8-16;;/h4-6,9-10H,2-3,7-8,14H2,1H3,(H,15,17);2*1H. The number of nitrogens with zero attached hydrogens (tertiary/aromatic N) is 1. The van der Waals surface area contributed by atoms with Crippen molar-refractivity contribution < 1.29 is 4.79 Å². The highest BCUT2D eigenvalue weighted by Gasteiger charge is 2.13. The summed E-state index contributed by atoms with van der Waals surface area (Å²) in [6, 6.07) is 7.45. The number of carbonyl (C=O) groups is 1. The molecule has 0 spiro atoms. The number of hydrogen-bond donors (Lipinski definition) is 2. The minimum absolute atomic E-state index is 0. The highest BCUT2D eigenvalue weighted by molar-refractivity contribution is 5.94. The molecule has 0 bridgehead atoms. The van der Waals surface area contributed by atoms with E-state index in [-0.39, 0.29) is 30.7 Å². The van der Waals surface area contributed by atoms with Gasteiger partial charge in [0.15, 0.2) is 0 Å². The van der Waals surface area contributed by atoms with Gasteiger partial charge in [0.05, 0.1) is 6.04 Å². The van der Waals surface area contributed by atoms with Gasteiger partial charge in [0, 0.05) is 24.5 Å². The molecule has 108 valence electrons. The van der Waals surface area contributed by atoms with Gasteiger partial charge in [-0.05, 0) is 38.0 Å². The van der Waals surface area contributed by atoms with Crippen molar-refractivity contribution in [1.29, 1.82) is 0 Å². The van der Waals surface area contributed by atoms with Crippen LogP contribution in [0.25, 0.3) is 0 Å². The summed E-state index contributed by atoms with van der Waals surface area (Å²) in [5, 5.41) is 2.81. The van der Waals surface area contributed by atoms with Gasteiger partial charge in [-0.1, -0.05) is 6.07 Å². The molecule has 6 heteroatoms. The zero-order valence-electron chi connectivity index (χ0n) is 11.0. The molecule has 0 saturated carbocycles. The van der Waals surface area contributed by atoms with Crippen LogP contribution < -0.4 is 16.0 Å². The lowest BCUT2D eigenvalue weighted by molar-refractivity contribution is -0.117. The normalized spacial score (nSPS) is 15.2. The highest BCUT2D eigenvalue weighted by atomic mass is 35.5. The van der Waals surface area contributed by atoms with Gasteiger partial charge in [0.2, 0.25) is 5.91 Å². The summed E-state index contributed by atoms with van der Waals surface area (Å²) >= 11 is 0. The molecule has 1 heterocycles. The number of nitrogens with two attached hydrogens (primary N) is 1. The first-order valence-electron chi connectivity index (χ1n) is 6.08. The summed E-state index contributed by atoms with van der Waals surface area (Å²) in [5.41, 5.74) is 7.51. The Morgan fingerprint density at radius 2 is 1.95 bits per heavy atom. The van der Waals surface area contributed by atoms with Gasteiger partial charge in [-0.25, -0.2) is 0 Å². The average Bonchev–Trinajstić information content (AvgIpc) is 2.82. The minimum Gasteiger partial charge on any atom is -0.371 e. The third-order valence-corrected chi connectivity index (χ3v) is 3.00. The molecule has 2 rings (SSSR count). The molecule has 1 aliphatic heterocycles. The van der Waals surface area contributed by atoms with Crippen LogP contribution in [0.5, 0.6) is 0 Å². The number of hydrogen-bond acceptors (Lipinski definition) is 3. The fraction of sp³-hybridized carbons (Fsp3) is 0.462. The maximum atomic E-state index is 11.5. The van der Waals surface area contributed by atoms with E-state index in [0.717, 1.165) is 18.8 Å². The predicted octanol–water partition coefficient (Wildman–Crippen LogP) is 2.42. The molecule has 1 aliphatic rings. The van der Waals surface area contributed by atoms with Gasteiger partial charge in [0.25, 0.3) is 0 Å². The van der Waals surface area contributed by atoms with E-state index in [4.69, 9.17) is 5.73 Å². The molecule has 3 N–H and O–H groups in total. The molecule has 4 nitrogen and oxygen atoms in total. The average molecular weight is 306 g/mol. The van der Waals surface area contributed by atoms with Crippen molar-refractivity contribution in [1.82, 2.24) is 0 Å². The maximum absolute atomic E-state index is 11.5. The van der Waals surface area contributed by atoms with Crippen LogP contribution in [-0.4, -0.2) is 25.0 Å². The Kier molecular flexibility index (Phi) is 7.83. The fourth-order valence-electron chi connectivity index (χ4n) is 2.01. The molecule has 1 aromatic carbocycles. The Hall–Kier alpha value is -0.970. The largest absolute Gasteiger partial charge is 0.371 e. The lowest BCUT2D eigenvalue weighted by Gasteiger charge is -2.18. The van der Waals surface area contributed by atoms with Gasteiger partial charge in [-0.15, -0.1) is 24.8 Å². The van der Waals surface area contributed by atoms with Crippen LogP contribution >= 0.6 is 24.8 Å². The van der Waals surface area contributed by atoms with E-state index in [9.17, 15) is 4.79 Å². The van der Waals surface area contributed by atoms with Gasteiger partial charge in [-0.3, -0.25) is 4.79 Å². The molecule has 19 heavy (non-hydrogen) atoms. The summed E-state index contributed by atoms with van der Waals surface area (Å²) in [4.78, 5) is 13.8. The molecule has 1 aromatic rings. The number of rotatable bonds is 3. The minimum atomic E-state index is -0.481. The van der Waals surface area contributed by atoms with E-state index < -0.39 is 6.04 Å². The molecule has 1 fully saturated rings. The number of nitrogens with one attached hydrogen (secondary N) is 1. The topological polar surface area (TPSA) is 58.4 Å². The fourth-order valence-corrected chi connectivity index (χ4v) is 2.01. The van der Waals surface area contributed by atoms with Crippen LogP contribution in [-0.2, 0) is 4.79 Å². The van der Waals surface area contributed by atoms with E-state index >= 15 is 0 Å². The Morgan fingerprint density at radius 1 is 1.32 bits per heavy atom. The summed E-state index contributed by atoms with van der Waals surface area (Å²) in [6.07, 6.45) is 2.49. The summed E-state index contributed by atoms with van der Waals surface area (Å²) in [6.45, 7) is 3.88. The Labute approximate surface area is 126 Å².